The second kappa shape index (κ2) is 6.07. The number of nitrogens with zero attached hydrogens (tertiary/aromatic N) is 2. The molecule has 0 aliphatic carbocycles. The van der Waals surface area contributed by atoms with Crippen molar-refractivity contribution in [3.05, 3.63) is 35.0 Å². The third kappa shape index (κ3) is 4.19. The number of halogens is 7. The molecule has 0 spiro atoms. The van der Waals surface area contributed by atoms with Crippen molar-refractivity contribution >= 4 is 28.2 Å². The van der Waals surface area contributed by atoms with Gasteiger partial charge in [-0.2, -0.15) is 26.3 Å². The molecule has 0 saturated carbocycles. The normalized spacial score (nSPS) is 12.7. The van der Waals surface area contributed by atoms with Crippen molar-refractivity contribution in [3.63, 3.8) is 0 Å². The van der Waals surface area contributed by atoms with Crippen LogP contribution in [0.25, 0.3) is 10.9 Å². The van der Waals surface area contributed by atoms with Gasteiger partial charge in [0.25, 0.3) is 0 Å². The number of benzene rings is 1. The molecule has 2 nitrogen and oxygen atoms in total. The number of hydrogen-bond donors (Lipinski definition) is 0. The Balaban J connectivity index is 2.59. The molecule has 1 heterocycles. The van der Waals surface area contributed by atoms with Gasteiger partial charge in [0.1, 0.15) is 11.7 Å². The summed E-state index contributed by atoms with van der Waals surface area (Å²) in [5, 5.41) is -0.625. The Kier molecular flexibility index (Phi) is 4.66. The molecule has 1 aromatic carbocycles. The van der Waals surface area contributed by atoms with Crippen molar-refractivity contribution in [2.75, 3.05) is 18.0 Å². The monoisotopic (exact) mass is 356 g/mol. The second-order valence-corrected chi connectivity index (χ2v) is 5.21. The van der Waals surface area contributed by atoms with E-state index in [9.17, 15) is 26.3 Å². The molecule has 1 aromatic heterocycles. The molecule has 9 heteroatoms. The highest BCUT2D eigenvalue weighted by atomic mass is 35.5. The van der Waals surface area contributed by atoms with Gasteiger partial charge in [-0.15, -0.1) is 0 Å². The van der Waals surface area contributed by atoms with E-state index in [0.717, 1.165) is 11.0 Å². The maximum Gasteiger partial charge on any atom is 0.417 e. The maximum atomic E-state index is 13.1. The van der Waals surface area contributed by atoms with Gasteiger partial charge in [-0.25, -0.2) is 4.98 Å². The minimum absolute atomic E-state index is 0.00656. The summed E-state index contributed by atoms with van der Waals surface area (Å²) in [6.45, 7) is 0.228. The molecule has 0 aliphatic heterocycles. The Morgan fingerprint density at radius 3 is 2.26 bits per heavy atom. The van der Waals surface area contributed by atoms with Gasteiger partial charge < -0.3 is 4.90 Å². The number of anilines is 1. The highest BCUT2D eigenvalue weighted by molar-refractivity contribution is 6.30. The van der Waals surface area contributed by atoms with Crippen LogP contribution in [0.5, 0.6) is 0 Å². The first-order valence-electron chi connectivity index (χ1n) is 6.50. The largest absolute Gasteiger partial charge is 0.417 e. The summed E-state index contributed by atoms with van der Waals surface area (Å²) in [5.41, 5.74) is -1.03. The van der Waals surface area contributed by atoms with Gasteiger partial charge >= 0.3 is 12.4 Å². The Morgan fingerprint density at radius 2 is 1.74 bits per heavy atom. The van der Waals surface area contributed by atoms with E-state index in [-0.39, 0.29) is 28.3 Å². The molecule has 0 fully saturated rings. The van der Waals surface area contributed by atoms with E-state index in [1.807, 2.05) is 0 Å². The van der Waals surface area contributed by atoms with Crippen LogP contribution >= 0.6 is 11.6 Å². The average molecular weight is 357 g/mol. The van der Waals surface area contributed by atoms with Crippen molar-refractivity contribution in [2.24, 2.45) is 0 Å². The minimum atomic E-state index is -4.69. The van der Waals surface area contributed by atoms with Crippen LogP contribution in [0.2, 0.25) is 5.15 Å². The average Bonchev–Trinajstić information content (AvgIpc) is 2.41. The zero-order chi connectivity index (χ0) is 17.4. The van der Waals surface area contributed by atoms with E-state index < -0.39 is 24.5 Å². The zero-order valence-electron chi connectivity index (χ0n) is 11.8. The summed E-state index contributed by atoms with van der Waals surface area (Å²) in [5.74, 6) is 0. The predicted octanol–water partition coefficient (Wildman–Crippen LogP) is 5.30. The fraction of sp³-hybridized carbons (Fsp3) is 0.357. The highest BCUT2D eigenvalue weighted by Gasteiger charge is 2.34. The van der Waals surface area contributed by atoms with Crippen LogP contribution < -0.4 is 4.90 Å². The lowest BCUT2D eigenvalue weighted by molar-refractivity contribution is -0.136. The van der Waals surface area contributed by atoms with Gasteiger partial charge in [-0.1, -0.05) is 11.6 Å². The number of hydrogen-bond acceptors (Lipinski definition) is 2. The van der Waals surface area contributed by atoms with Gasteiger partial charge in [0.05, 0.1) is 11.1 Å². The van der Waals surface area contributed by atoms with Gasteiger partial charge in [0.2, 0.25) is 0 Å². The molecule has 2 rings (SSSR count). The Labute approximate surface area is 132 Å². The first-order chi connectivity index (χ1) is 10.5. The number of fused-ring (bicyclic) bond motifs is 1. The molecular formula is C14H11ClF6N2. The van der Waals surface area contributed by atoms with Gasteiger partial charge in [0, 0.05) is 17.6 Å². The zero-order valence-corrected chi connectivity index (χ0v) is 12.5. The summed E-state index contributed by atoms with van der Waals surface area (Å²) in [7, 11) is 0. The van der Waals surface area contributed by atoms with E-state index in [1.165, 1.54) is 19.1 Å². The van der Waals surface area contributed by atoms with Crippen LogP contribution in [0.1, 0.15) is 12.5 Å². The number of alkyl halides is 6. The lowest BCUT2D eigenvalue weighted by Gasteiger charge is -2.25. The van der Waals surface area contributed by atoms with E-state index in [4.69, 9.17) is 11.6 Å². The first kappa shape index (κ1) is 17.7. The van der Waals surface area contributed by atoms with Crippen molar-refractivity contribution < 1.29 is 26.3 Å². The van der Waals surface area contributed by atoms with Crippen LogP contribution in [-0.2, 0) is 6.18 Å². The van der Waals surface area contributed by atoms with E-state index in [2.05, 4.69) is 4.98 Å². The molecule has 23 heavy (non-hydrogen) atoms. The lowest BCUT2D eigenvalue weighted by atomic mass is 10.1. The van der Waals surface area contributed by atoms with Gasteiger partial charge in [0.15, 0.2) is 0 Å². The maximum absolute atomic E-state index is 13.1. The summed E-state index contributed by atoms with van der Waals surface area (Å²) < 4.78 is 77.0. The summed E-state index contributed by atoms with van der Waals surface area (Å²) in [4.78, 5) is 4.71. The van der Waals surface area contributed by atoms with Crippen molar-refractivity contribution in [1.82, 2.24) is 4.98 Å². The van der Waals surface area contributed by atoms with Crippen molar-refractivity contribution in [3.8, 4) is 0 Å². The van der Waals surface area contributed by atoms with Crippen molar-refractivity contribution in [1.29, 1.82) is 0 Å². The molecule has 0 saturated heterocycles. The van der Waals surface area contributed by atoms with Gasteiger partial charge in [-0.05, 0) is 31.2 Å². The molecule has 0 bridgehead atoms. The first-order valence-corrected chi connectivity index (χ1v) is 6.88. The van der Waals surface area contributed by atoms with E-state index >= 15 is 0 Å². The molecule has 126 valence electrons. The second-order valence-electron chi connectivity index (χ2n) is 4.82. The summed E-state index contributed by atoms with van der Waals surface area (Å²) in [6.07, 6.45) is -9.15. The van der Waals surface area contributed by atoms with Crippen LogP contribution in [0.4, 0.5) is 32.0 Å². The van der Waals surface area contributed by atoms with E-state index in [1.54, 1.807) is 0 Å². The molecule has 2 aromatic rings. The molecule has 0 radical (unpaired) electrons. The SMILES string of the molecule is CCN(CC(F)(F)F)c1ccc2nc(Cl)cc(C(F)(F)F)c2c1. The molecular weight excluding hydrogens is 346 g/mol. The molecule has 0 atom stereocenters. The lowest BCUT2D eigenvalue weighted by Crippen LogP contribution is -2.34. The van der Waals surface area contributed by atoms with Gasteiger partial charge in [-0.3, -0.25) is 0 Å². The molecule has 0 N–H and O–H groups in total. The smallest absolute Gasteiger partial charge is 0.363 e. The Morgan fingerprint density at radius 1 is 1.09 bits per heavy atom. The summed E-state index contributed by atoms with van der Waals surface area (Å²) in [6, 6.07) is 4.23. The van der Waals surface area contributed by atoms with Crippen molar-refractivity contribution in [2.45, 2.75) is 19.3 Å². The number of rotatable bonds is 3. The topological polar surface area (TPSA) is 16.1 Å². The van der Waals surface area contributed by atoms with E-state index in [0.29, 0.717) is 6.07 Å². The van der Waals surface area contributed by atoms with Crippen LogP contribution in [0, 0.1) is 0 Å². The Bertz CT molecular complexity index is 711. The van der Waals surface area contributed by atoms with Crippen LogP contribution in [0.3, 0.4) is 0 Å². The number of aromatic nitrogens is 1. The predicted molar refractivity (Wildman–Crippen MR) is 75.7 cm³/mol. The standard InChI is InChI=1S/C14H11ClF6N2/c1-2-23(7-13(16,17)18)8-3-4-11-9(5-8)10(14(19,20)21)6-12(15)22-11/h3-6H,2,7H2,1H3. The van der Waals surface area contributed by atoms with Crippen LogP contribution in [0.15, 0.2) is 24.3 Å². The molecule has 0 amide bonds. The summed E-state index contributed by atoms with van der Waals surface area (Å²) >= 11 is 5.58. The highest BCUT2D eigenvalue weighted by Crippen LogP contribution is 2.37. The minimum Gasteiger partial charge on any atom is -0.363 e. The fourth-order valence-electron chi connectivity index (χ4n) is 2.21. The van der Waals surface area contributed by atoms with Crippen LogP contribution in [-0.4, -0.2) is 24.2 Å². The fourth-order valence-corrected chi connectivity index (χ4v) is 2.41. The quantitative estimate of drug-likeness (QED) is 0.548. The third-order valence-corrected chi connectivity index (χ3v) is 3.38. The molecule has 0 unspecified atom stereocenters. The Hall–Kier alpha value is -1.70. The third-order valence-electron chi connectivity index (χ3n) is 3.18. The molecule has 0 aliphatic rings. The number of pyridine rings is 1.